The van der Waals surface area contributed by atoms with Gasteiger partial charge >= 0.3 is 0 Å². The molecule has 1 fully saturated rings. The van der Waals surface area contributed by atoms with Crippen molar-refractivity contribution in [3.05, 3.63) is 30.5 Å². The Hall–Kier alpha value is -2.34. The van der Waals surface area contributed by atoms with Crippen molar-refractivity contribution in [1.82, 2.24) is 5.16 Å². The zero-order valence-corrected chi connectivity index (χ0v) is 9.50. The van der Waals surface area contributed by atoms with Crippen molar-refractivity contribution >= 4 is 17.5 Å². The molecule has 1 aliphatic rings. The summed E-state index contributed by atoms with van der Waals surface area (Å²) in [6.07, 6.45) is 1.95. The molecule has 1 aromatic heterocycles. The number of nitrogens with two attached hydrogens (primary N) is 1. The first kappa shape index (κ1) is 10.8. The number of anilines is 2. The van der Waals surface area contributed by atoms with E-state index in [0.717, 1.165) is 5.56 Å². The number of nitrogen functional groups attached to an aromatic ring is 1. The van der Waals surface area contributed by atoms with Crippen molar-refractivity contribution < 1.29 is 14.2 Å². The molecule has 2 heterocycles. The lowest BCUT2D eigenvalue weighted by Crippen LogP contribution is -2.22. The van der Waals surface area contributed by atoms with Crippen LogP contribution in [0.3, 0.4) is 0 Å². The number of aromatic nitrogens is 1. The maximum atomic E-state index is 11.6. The normalized spacial score (nSPS) is 15.3. The summed E-state index contributed by atoms with van der Waals surface area (Å²) in [6.45, 7) is 0.415. The lowest BCUT2D eigenvalue weighted by atomic mass is 10.1. The Labute approximate surface area is 103 Å². The molecule has 1 aromatic carbocycles. The van der Waals surface area contributed by atoms with Crippen molar-refractivity contribution in [2.75, 3.05) is 17.4 Å². The fraction of sp³-hybridized carbons (Fsp3) is 0.167. The molecule has 0 unspecified atom stereocenters. The molecule has 6 nitrogen and oxygen atoms in total. The number of nitrogens with zero attached hydrogens (tertiary/aromatic N) is 2. The molecule has 1 aliphatic heterocycles. The molecule has 1 saturated heterocycles. The predicted octanol–water partition coefficient (Wildman–Crippen LogP) is 1.59. The van der Waals surface area contributed by atoms with E-state index in [1.807, 2.05) is 18.2 Å². The summed E-state index contributed by atoms with van der Waals surface area (Å²) >= 11 is 0. The highest BCUT2D eigenvalue weighted by molar-refractivity contribution is 5.93. The van der Waals surface area contributed by atoms with Gasteiger partial charge in [0.25, 0.3) is 5.91 Å². The summed E-state index contributed by atoms with van der Waals surface area (Å²) in [5.74, 6) is 0.200. The number of benzene rings is 1. The van der Waals surface area contributed by atoms with Crippen LogP contribution in [0.1, 0.15) is 6.42 Å². The van der Waals surface area contributed by atoms with Crippen LogP contribution in [0.2, 0.25) is 0 Å². The zero-order chi connectivity index (χ0) is 12.5. The minimum absolute atomic E-state index is 0.0505. The second kappa shape index (κ2) is 4.15. The van der Waals surface area contributed by atoms with Crippen LogP contribution in [0.5, 0.6) is 0 Å². The predicted molar refractivity (Wildman–Crippen MR) is 64.4 cm³/mol. The quantitative estimate of drug-likeness (QED) is 0.868. The largest absolute Gasteiger partial charge is 0.367 e. The third-order valence-electron chi connectivity index (χ3n) is 2.75. The Morgan fingerprint density at radius 3 is 2.94 bits per heavy atom. The summed E-state index contributed by atoms with van der Waals surface area (Å²) in [4.78, 5) is 16.9. The Bertz CT molecular complexity index is 594. The number of amides is 1. The van der Waals surface area contributed by atoms with Crippen molar-refractivity contribution in [1.29, 1.82) is 0 Å². The first-order valence-corrected chi connectivity index (χ1v) is 5.52. The molecule has 18 heavy (non-hydrogen) atoms. The molecule has 6 heteroatoms. The van der Waals surface area contributed by atoms with Gasteiger partial charge in [0.2, 0.25) is 5.88 Å². The van der Waals surface area contributed by atoms with E-state index in [2.05, 4.69) is 5.16 Å². The van der Waals surface area contributed by atoms with Crippen molar-refractivity contribution in [2.45, 2.75) is 6.42 Å². The molecule has 0 radical (unpaired) electrons. The molecule has 0 saturated carbocycles. The van der Waals surface area contributed by atoms with Gasteiger partial charge < -0.3 is 10.3 Å². The van der Waals surface area contributed by atoms with E-state index in [1.165, 1.54) is 5.06 Å². The van der Waals surface area contributed by atoms with E-state index in [0.29, 0.717) is 24.3 Å². The molecule has 92 valence electrons. The van der Waals surface area contributed by atoms with Gasteiger partial charge in [0.1, 0.15) is 0 Å². The van der Waals surface area contributed by atoms with Crippen LogP contribution in [0.15, 0.2) is 35.0 Å². The molecule has 0 bridgehead atoms. The molecule has 0 atom stereocenters. The number of carbonyl (C=O) groups excluding carboxylic acids is 1. The van der Waals surface area contributed by atoms with Gasteiger partial charge in [0.05, 0.1) is 30.5 Å². The third kappa shape index (κ3) is 1.72. The van der Waals surface area contributed by atoms with E-state index in [9.17, 15) is 4.79 Å². The van der Waals surface area contributed by atoms with E-state index in [4.69, 9.17) is 15.1 Å². The molecule has 1 amide bonds. The summed E-state index contributed by atoms with van der Waals surface area (Å²) in [6, 6.07) is 7.31. The SMILES string of the molecule is Nc1oncc1-c1cccc(N2OCCC2=O)c1. The van der Waals surface area contributed by atoms with Crippen molar-refractivity contribution in [3.8, 4) is 11.1 Å². The minimum atomic E-state index is -0.0505. The van der Waals surface area contributed by atoms with Crippen LogP contribution >= 0.6 is 0 Å². The van der Waals surface area contributed by atoms with E-state index < -0.39 is 0 Å². The van der Waals surface area contributed by atoms with Crippen LogP contribution in [0.25, 0.3) is 11.1 Å². The van der Waals surface area contributed by atoms with E-state index in [-0.39, 0.29) is 11.8 Å². The lowest BCUT2D eigenvalue weighted by molar-refractivity contribution is -0.119. The lowest BCUT2D eigenvalue weighted by Gasteiger charge is -2.14. The maximum absolute atomic E-state index is 11.6. The van der Waals surface area contributed by atoms with Gasteiger partial charge in [0.15, 0.2) is 0 Å². The number of rotatable bonds is 2. The molecular weight excluding hydrogens is 234 g/mol. The molecule has 0 aliphatic carbocycles. The van der Waals surface area contributed by atoms with Gasteiger partial charge in [-0.3, -0.25) is 9.63 Å². The monoisotopic (exact) mass is 245 g/mol. The summed E-state index contributed by atoms with van der Waals surface area (Å²) in [5, 5.41) is 4.93. The van der Waals surface area contributed by atoms with Crippen LogP contribution in [0, 0.1) is 0 Å². The highest BCUT2D eigenvalue weighted by Gasteiger charge is 2.23. The van der Waals surface area contributed by atoms with E-state index in [1.54, 1.807) is 12.3 Å². The molecule has 3 rings (SSSR count). The second-order valence-corrected chi connectivity index (χ2v) is 3.93. The fourth-order valence-electron chi connectivity index (χ4n) is 1.88. The Kier molecular flexibility index (Phi) is 2.49. The first-order chi connectivity index (χ1) is 8.75. The van der Waals surface area contributed by atoms with Gasteiger partial charge in [-0.05, 0) is 17.7 Å². The molecule has 0 spiro atoms. The first-order valence-electron chi connectivity index (χ1n) is 5.52. The number of hydrogen-bond donors (Lipinski definition) is 1. The van der Waals surface area contributed by atoms with Gasteiger partial charge in [0, 0.05) is 0 Å². The summed E-state index contributed by atoms with van der Waals surface area (Å²) in [7, 11) is 0. The zero-order valence-electron chi connectivity index (χ0n) is 9.50. The van der Waals surface area contributed by atoms with Crippen LogP contribution in [0.4, 0.5) is 11.6 Å². The topological polar surface area (TPSA) is 81.6 Å². The van der Waals surface area contributed by atoms with Gasteiger partial charge in [-0.2, -0.15) is 5.06 Å². The Morgan fingerprint density at radius 1 is 1.39 bits per heavy atom. The average Bonchev–Trinajstić information content (AvgIpc) is 2.98. The number of hydrogen-bond acceptors (Lipinski definition) is 5. The highest BCUT2D eigenvalue weighted by atomic mass is 16.7. The average molecular weight is 245 g/mol. The number of carbonyl (C=O) groups is 1. The number of hydroxylamine groups is 1. The molecule has 2 N–H and O–H groups in total. The minimum Gasteiger partial charge on any atom is -0.367 e. The van der Waals surface area contributed by atoms with Crippen LogP contribution in [-0.4, -0.2) is 17.7 Å². The third-order valence-corrected chi connectivity index (χ3v) is 2.75. The summed E-state index contributed by atoms with van der Waals surface area (Å²) in [5.41, 5.74) is 7.86. The molecular formula is C12H11N3O3. The van der Waals surface area contributed by atoms with Gasteiger partial charge in [-0.25, -0.2) is 0 Å². The van der Waals surface area contributed by atoms with Gasteiger partial charge in [-0.1, -0.05) is 17.3 Å². The Balaban J connectivity index is 1.99. The standard InChI is InChI=1S/C12H11N3O3/c13-12-10(7-14-18-12)8-2-1-3-9(6-8)15-11(16)4-5-17-15/h1-3,6-7H,4-5,13H2. The highest BCUT2D eigenvalue weighted by Crippen LogP contribution is 2.29. The van der Waals surface area contributed by atoms with Crippen LogP contribution < -0.4 is 10.8 Å². The van der Waals surface area contributed by atoms with Crippen molar-refractivity contribution in [2.24, 2.45) is 0 Å². The fourth-order valence-corrected chi connectivity index (χ4v) is 1.88. The molecule has 2 aromatic rings. The maximum Gasteiger partial charge on any atom is 0.253 e. The van der Waals surface area contributed by atoms with Crippen molar-refractivity contribution in [3.63, 3.8) is 0 Å². The van der Waals surface area contributed by atoms with E-state index >= 15 is 0 Å². The van der Waals surface area contributed by atoms with Gasteiger partial charge in [-0.15, -0.1) is 0 Å². The smallest absolute Gasteiger partial charge is 0.253 e. The summed E-state index contributed by atoms with van der Waals surface area (Å²) < 4.78 is 4.82. The van der Waals surface area contributed by atoms with Crippen LogP contribution in [-0.2, 0) is 9.63 Å². The second-order valence-electron chi connectivity index (χ2n) is 3.93. The Morgan fingerprint density at radius 2 is 2.28 bits per heavy atom.